The van der Waals surface area contributed by atoms with Crippen LogP contribution >= 0.6 is 11.6 Å². The summed E-state index contributed by atoms with van der Waals surface area (Å²) in [5, 5.41) is 0. The van der Waals surface area contributed by atoms with Crippen LogP contribution in [0.2, 0.25) is 0 Å². The number of hydrogen-bond acceptors (Lipinski definition) is 2. The van der Waals surface area contributed by atoms with Gasteiger partial charge in [0, 0.05) is 6.54 Å². The van der Waals surface area contributed by atoms with Crippen LogP contribution < -0.4 is 18.1 Å². The summed E-state index contributed by atoms with van der Waals surface area (Å²) in [5.74, 6) is 0.667. The van der Waals surface area contributed by atoms with Crippen LogP contribution in [0.4, 0.5) is 0 Å². The predicted molar refractivity (Wildman–Crippen MR) is 39.7 cm³/mol. The molecule has 0 bridgehead atoms. The third kappa shape index (κ3) is 11.1. The minimum Gasteiger partial charge on any atom is -1.00 e. The summed E-state index contributed by atoms with van der Waals surface area (Å²) in [4.78, 5) is 0. The van der Waals surface area contributed by atoms with E-state index in [1.165, 1.54) is 0 Å². The van der Waals surface area contributed by atoms with Gasteiger partial charge in [-0.05, 0) is 0 Å². The number of halogens is 2. The largest absolute Gasteiger partial charge is 1.00 e. The molecular weight excluding hydrogens is 173 g/mol. The number of hydrogen-bond donors (Lipinski definition) is 1. The molecule has 0 aromatic rings. The Morgan fingerprint density at radius 3 is 2.20 bits per heavy atom. The molecule has 1 aliphatic heterocycles. The second-order valence-electron chi connectivity index (χ2n) is 1.63. The molecule has 0 aromatic carbocycles. The van der Waals surface area contributed by atoms with Gasteiger partial charge in [-0.25, -0.2) is 0 Å². The molecule has 1 rings (SSSR count). The summed E-state index contributed by atoms with van der Waals surface area (Å²) < 4.78 is 4.73. The first kappa shape index (κ1) is 12.9. The molecule has 1 fully saturated rings. The SMILES string of the molecule is C=CCN.ClCC1CO1.[Cl-]. The highest BCUT2D eigenvalue weighted by molar-refractivity contribution is 6.18. The summed E-state index contributed by atoms with van der Waals surface area (Å²) in [6.07, 6.45) is 2.05. The van der Waals surface area contributed by atoms with Gasteiger partial charge in [-0.3, -0.25) is 0 Å². The Morgan fingerprint density at radius 1 is 1.80 bits per heavy atom. The van der Waals surface area contributed by atoms with Gasteiger partial charge in [-0.15, -0.1) is 18.2 Å². The van der Waals surface area contributed by atoms with Crippen LogP contribution in [0.3, 0.4) is 0 Å². The van der Waals surface area contributed by atoms with E-state index in [4.69, 9.17) is 22.1 Å². The lowest BCUT2D eigenvalue weighted by Gasteiger charge is -1.67. The molecule has 0 amide bonds. The fourth-order valence-electron chi connectivity index (χ4n) is 0.157. The summed E-state index contributed by atoms with van der Waals surface area (Å²) in [7, 11) is 0. The van der Waals surface area contributed by atoms with Crippen molar-refractivity contribution in [3.8, 4) is 0 Å². The first-order chi connectivity index (χ1) is 4.35. The molecule has 1 unspecified atom stereocenters. The van der Waals surface area contributed by atoms with Crippen LogP contribution in [-0.2, 0) is 4.74 Å². The molecule has 1 atom stereocenters. The normalized spacial score (nSPS) is 19.6. The highest BCUT2D eigenvalue weighted by Crippen LogP contribution is 2.08. The maximum atomic E-state index is 5.27. The molecule has 0 radical (unpaired) electrons. The summed E-state index contributed by atoms with van der Waals surface area (Å²) in [6, 6.07) is 0. The van der Waals surface area contributed by atoms with Crippen LogP contribution in [0, 0.1) is 0 Å². The molecule has 4 heteroatoms. The molecule has 1 heterocycles. The smallest absolute Gasteiger partial charge is 0.0944 e. The van der Waals surface area contributed by atoms with Gasteiger partial charge in [0.05, 0.1) is 18.6 Å². The van der Waals surface area contributed by atoms with Crippen molar-refractivity contribution in [1.82, 2.24) is 0 Å². The standard InChI is InChI=1S/C3H5ClO.C3H7N.ClH/c4-1-3-2-5-3;1-2-3-4;/h3H,1-2H2;2H,1,3-4H2;1H/p-1. The van der Waals surface area contributed by atoms with Gasteiger partial charge in [0.1, 0.15) is 0 Å². The van der Waals surface area contributed by atoms with Crippen molar-refractivity contribution in [2.75, 3.05) is 19.0 Å². The summed E-state index contributed by atoms with van der Waals surface area (Å²) in [6.45, 7) is 4.82. The third-order valence-corrected chi connectivity index (χ3v) is 1.09. The van der Waals surface area contributed by atoms with Gasteiger partial charge in [0.25, 0.3) is 0 Å². The zero-order valence-corrected chi connectivity index (χ0v) is 7.24. The molecule has 0 aliphatic carbocycles. The van der Waals surface area contributed by atoms with Crippen molar-refractivity contribution in [3.05, 3.63) is 12.7 Å². The van der Waals surface area contributed by atoms with E-state index in [1.807, 2.05) is 0 Å². The van der Waals surface area contributed by atoms with Crippen molar-refractivity contribution in [2.45, 2.75) is 6.10 Å². The molecule has 62 valence electrons. The van der Waals surface area contributed by atoms with Gasteiger partial charge in [0.2, 0.25) is 0 Å². The van der Waals surface area contributed by atoms with Gasteiger partial charge in [-0.2, -0.15) is 0 Å². The van der Waals surface area contributed by atoms with Crippen molar-refractivity contribution in [2.24, 2.45) is 5.73 Å². The maximum Gasteiger partial charge on any atom is 0.0944 e. The second-order valence-corrected chi connectivity index (χ2v) is 1.94. The Morgan fingerprint density at radius 2 is 2.20 bits per heavy atom. The monoisotopic (exact) mass is 184 g/mol. The molecule has 0 saturated carbocycles. The Labute approximate surface area is 72.8 Å². The molecule has 1 aliphatic rings. The Balaban J connectivity index is 0. The molecule has 1 saturated heterocycles. The van der Waals surface area contributed by atoms with Gasteiger partial charge >= 0.3 is 0 Å². The number of alkyl halides is 1. The molecule has 0 aromatic heterocycles. The highest BCUT2D eigenvalue weighted by Gasteiger charge is 2.19. The lowest BCUT2D eigenvalue weighted by atomic mass is 10.6. The van der Waals surface area contributed by atoms with E-state index in [0.717, 1.165) is 6.61 Å². The van der Waals surface area contributed by atoms with Crippen LogP contribution in [0.1, 0.15) is 0 Å². The molecule has 10 heavy (non-hydrogen) atoms. The number of ether oxygens (including phenoxy) is 1. The van der Waals surface area contributed by atoms with Crippen molar-refractivity contribution in [1.29, 1.82) is 0 Å². The lowest BCUT2D eigenvalue weighted by molar-refractivity contribution is -0.00000237. The fraction of sp³-hybridized carbons (Fsp3) is 0.667. The number of rotatable bonds is 2. The number of epoxide rings is 1. The first-order valence-electron chi connectivity index (χ1n) is 2.83. The van der Waals surface area contributed by atoms with Gasteiger partial charge in [0.15, 0.2) is 0 Å². The minimum absolute atomic E-state index is 0. The van der Waals surface area contributed by atoms with Crippen molar-refractivity contribution < 1.29 is 17.1 Å². The average Bonchev–Trinajstić information content (AvgIpc) is 2.70. The fourth-order valence-corrected chi connectivity index (χ4v) is 0.335. The minimum atomic E-state index is 0. The highest BCUT2D eigenvalue weighted by atomic mass is 35.5. The Kier molecular flexibility index (Phi) is 11.9. The first-order valence-corrected chi connectivity index (χ1v) is 3.37. The average molecular weight is 185 g/mol. The quantitative estimate of drug-likeness (QED) is 0.300. The summed E-state index contributed by atoms with van der Waals surface area (Å²) >= 11 is 5.27. The van der Waals surface area contributed by atoms with Crippen LogP contribution in [0.5, 0.6) is 0 Å². The Bertz CT molecular complexity index is 76.1. The van der Waals surface area contributed by atoms with Crippen LogP contribution in [0.25, 0.3) is 0 Å². The topological polar surface area (TPSA) is 38.5 Å². The summed E-state index contributed by atoms with van der Waals surface area (Å²) in [5.41, 5.74) is 4.91. The van der Waals surface area contributed by atoms with Crippen molar-refractivity contribution >= 4 is 11.6 Å². The lowest BCUT2D eigenvalue weighted by Crippen LogP contribution is -3.00. The molecular formula is C6H12Cl2NO-. The number of nitrogens with two attached hydrogens (primary N) is 1. The molecule has 2 nitrogen and oxygen atoms in total. The van der Waals surface area contributed by atoms with E-state index in [9.17, 15) is 0 Å². The van der Waals surface area contributed by atoms with Gasteiger partial charge in [-0.1, -0.05) is 6.08 Å². The zero-order chi connectivity index (χ0) is 7.11. The molecule has 2 N–H and O–H groups in total. The predicted octanol–water partition coefficient (Wildman–Crippen LogP) is -2.24. The molecule has 0 spiro atoms. The van der Waals surface area contributed by atoms with Crippen LogP contribution in [0.15, 0.2) is 12.7 Å². The van der Waals surface area contributed by atoms with Crippen molar-refractivity contribution in [3.63, 3.8) is 0 Å². The Hall–Kier alpha value is 0.240. The van der Waals surface area contributed by atoms with E-state index < -0.39 is 0 Å². The maximum absolute atomic E-state index is 5.27. The third-order valence-electron chi connectivity index (χ3n) is 0.741. The van der Waals surface area contributed by atoms with Gasteiger partial charge < -0.3 is 22.9 Å². The van der Waals surface area contributed by atoms with E-state index in [-0.39, 0.29) is 12.4 Å². The van der Waals surface area contributed by atoms with E-state index in [1.54, 1.807) is 6.08 Å². The van der Waals surface area contributed by atoms with E-state index >= 15 is 0 Å². The second kappa shape index (κ2) is 9.24. The van der Waals surface area contributed by atoms with E-state index in [2.05, 4.69) is 6.58 Å². The van der Waals surface area contributed by atoms with Crippen LogP contribution in [-0.4, -0.2) is 25.1 Å². The van der Waals surface area contributed by atoms with E-state index in [0.29, 0.717) is 18.5 Å². The zero-order valence-electron chi connectivity index (χ0n) is 5.72.